The highest BCUT2D eigenvalue weighted by Gasteiger charge is 2.17. The molecule has 108 valence electrons. The lowest BCUT2D eigenvalue weighted by molar-refractivity contribution is -0.138. The van der Waals surface area contributed by atoms with E-state index in [0.717, 1.165) is 17.1 Å². The molecule has 0 radical (unpaired) electrons. The van der Waals surface area contributed by atoms with Crippen molar-refractivity contribution in [2.75, 3.05) is 13.1 Å². The summed E-state index contributed by atoms with van der Waals surface area (Å²) in [5.41, 5.74) is 0.766. The molecule has 7 heteroatoms. The number of aliphatic carboxylic acids is 1. The van der Waals surface area contributed by atoms with Crippen LogP contribution in [0.2, 0.25) is 0 Å². The summed E-state index contributed by atoms with van der Waals surface area (Å²) in [7, 11) is 0. The zero-order chi connectivity index (χ0) is 14.7. The van der Waals surface area contributed by atoms with E-state index in [1.54, 1.807) is 4.90 Å². The van der Waals surface area contributed by atoms with Crippen molar-refractivity contribution in [3.63, 3.8) is 0 Å². The molecule has 0 amide bonds. The number of carboxylic acids is 1. The number of furan rings is 1. The van der Waals surface area contributed by atoms with Crippen LogP contribution in [-0.4, -0.2) is 39.3 Å². The van der Waals surface area contributed by atoms with Crippen molar-refractivity contribution in [2.24, 2.45) is 0 Å². The first-order valence-corrected chi connectivity index (χ1v) is 6.33. The second kappa shape index (κ2) is 5.87. The predicted octanol–water partition coefficient (Wildman–Crippen LogP) is 1.85. The Morgan fingerprint density at radius 1 is 1.35 bits per heavy atom. The molecule has 2 aromatic heterocycles. The van der Waals surface area contributed by atoms with Gasteiger partial charge in [-0.3, -0.25) is 9.69 Å². The molecular weight excluding hydrogens is 262 g/mol. The maximum atomic E-state index is 10.7. The van der Waals surface area contributed by atoms with Crippen LogP contribution in [-0.2, 0) is 11.3 Å². The summed E-state index contributed by atoms with van der Waals surface area (Å²) in [5, 5.41) is 16.7. The van der Waals surface area contributed by atoms with Gasteiger partial charge in [0.15, 0.2) is 0 Å². The van der Waals surface area contributed by atoms with Gasteiger partial charge in [0.05, 0.1) is 18.7 Å². The lowest BCUT2D eigenvalue weighted by Crippen LogP contribution is -2.29. The monoisotopic (exact) mass is 279 g/mol. The van der Waals surface area contributed by atoms with Crippen molar-refractivity contribution in [3.8, 4) is 11.5 Å². The summed E-state index contributed by atoms with van der Waals surface area (Å²) in [6, 6.07) is 1.83. The van der Waals surface area contributed by atoms with Crippen LogP contribution in [0, 0.1) is 13.8 Å². The predicted molar refractivity (Wildman–Crippen MR) is 70.1 cm³/mol. The van der Waals surface area contributed by atoms with Crippen LogP contribution in [0.1, 0.15) is 24.3 Å². The topological polar surface area (TPSA) is 92.6 Å². The molecule has 2 rings (SSSR count). The fourth-order valence-corrected chi connectivity index (χ4v) is 1.93. The Labute approximate surface area is 116 Å². The van der Waals surface area contributed by atoms with Gasteiger partial charge in [0.1, 0.15) is 11.5 Å². The van der Waals surface area contributed by atoms with E-state index in [1.807, 2.05) is 26.8 Å². The van der Waals surface area contributed by atoms with Gasteiger partial charge in [-0.15, -0.1) is 10.2 Å². The van der Waals surface area contributed by atoms with E-state index in [-0.39, 0.29) is 6.54 Å². The number of hydrogen-bond acceptors (Lipinski definition) is 6. The average molecular weight is 279 g/mol. The minimum atomic E-state index is -0.882. The lowest BCUT2D eigenvalue weighted by Gasteiger charge is -2.14. The summed E-state index contributed by atoms with van der Waals surface area (Å²) in [6.07, 6.45) is 0. The summed E-state index contributed by atoms with van der Waals surface area (Å²) < 4.78 is 11.0. The van der Waals surface area contributed by atoms with Gasteiger partial charge < -0.3 is 13.9 Å². The Bertz CT molecular complexity index is 603. The number of rotatable bonds is 6. The zero-order valence-electron chi connectivity index (χ0n) is 11.7. The molecule has 20 heavy (non-hydrogen) atoms. The van der Waals surface area contributed by atoms with Gasteiger partial charge in [0.25, 0.3) is 5.89 Å². The average Bonchev–Trinajstić information content (AvgIpc) is 2.94. The fraction of sp³-hybridized carbons (Fsp3) is 0.462. The van der Waals surface area contributed by atoms with Crippen molar-refractivity contribution in [1.29, 1.82) is 0 Å². The van der Waals surface area contributed by atoms with Gasteiger partial charge in [-0.05, 0) is 26.5 Å². The highest BCUT2D eigenvalue weighted by molar-refractivity contribution is 5.69. The molecule has 0 saturated carbocycles. The highest BCUT2D eigenvalue weighted by Crippen LogP contribution is 2.25. The van der Waals surface area contributed by atoms with E-state index in [4.69, 9.17) is 13.9 Å². The van der Waals surface area contributed by atoms with Gasteiger partial charge in [-0.1, -0.05) is 6.92 Å². The summed E-state index contributed by atoms with van der Waals surface area (Å²) in [4.78, 5) is 12.4. The summed E-state index contributed by atoms with van der Waals surface area (Å²) in [6.45, 7) is 6.40. The Hall–Kier alpha value is -2.15. The largest absolute Gasteiger partial charge is 0.480 e. The van der Waals surface area contributed by atoms with Gasteiger partial charge in [-0.2, -0.15) is 0 Å². The number of carboxylic acid groups (broad SMARTS) is 1. The number of carbonyl (C=O) groups is 1. The standard InChI is InChI=1S/C13H17N3O4/c1-4-16(7-12(17)18)6-11-14-15-13(20-11)10-5-8(2)19-9(10)3/h5H,4,6-7H2,1-3H3,(H,17,18). The molecule has 1 N–H and O–H groups in total. The third kappa shape index (κ3) is 3.24. The highest BCUT2D eigenvalue weighted by atomic mass is 16.4. The second-order valence-electron chi connectivity index (χ2n) is 4.52. The minimum Gasteiger partial charge on any atom is -0.480 e. The third-order valence-corrected chi connectivity index (χ3v) is 2.90. The van der Waals surface area contributed by atoms with E-state index >= 15 is 0 Å². The summed E-state index contributed by atoms with van der Waals surface area (Å²) >= 11 is 0. The molecule has 0 aliphatic heterocycles. The molecule has 0 saturated heterocycles. The Balaban J connectivity index is 2.12. The van der Waals surface area contributed by atoms with Crippen LogP contribution in [0.25, 0.3) is 11.5 Å². The molecule has 7 nitrogen and oxygen atoms in total. The van der Waals surface area contributed by atoms with Gasteiger partial charge in [0.2, 0.25) is 5.89 Å². The Kier molecular flexibility index (Phi) is 4.19. The number of hydrogen-bond donors (Lipinski definition) is 1. The Morgan fingerprint density at radius 3 is 2.65 bits per heavy atom. The minimum absolute atomic E-state index is 0.0575. The van der Waals surface area contributed by atoms with Crippen LogP contribution in [0.4, 0.5) is 0 Å². The van der Waals surface area contributed by atoms with Gasteiger partial charge >= 0.3 is 5.97 Å². The molecule has 2 heterocycles. The van der Waals surface area contributed by atoms with Crippen LogP contribution in [0.3, 0.4) is 0 Å². The van der Waals surface area contributed by atoms with E-state index in [2.05, 4.69) is 10.2 Å². The molecule has 2 aromatic rings. The smallest absolute Gasteiger partial charge is 0.317 e. The van der Waals surface area contributed by atoms with E-state index in [1.165, 1.54) is 0 Å². The number of aryl methyl sites for hydroxylation is 2. The maximum absolute atomic E-state index is 10.7. The fourth-order valence-electron chi connectivity index (χ4n) is 1.93. The van der Waals surface area contributed by atoms with Crippen molar-refractivity contribution in [1.82, 2.24) is 15.1 Å². The maximum Gasteiger partial charge on any atom is 0.317 e. The summed E-state index contributed by atoms with van der Waals surface area (Å²) in [5.74, 6) is 1.39. The first-order chi connectivity index (χ1) is 9.49. The molecule has 0 unspecified atom stereocenters. The zero-order valence-corrected chi connectivity index (χ0v) is 11.7. The quantitative estimate of drug-likeness (QED) is 0.862. The molecular formula is C13H17N3O4. The first-order valence-electron chi connectivity index (χ1n) is 6.33. The molecule has 0 aliphatic rings. The second-order valence-corrected chi connectivity index (χ2v) is 4.52. The number of likely N-dealkylation sites (N-methyl/N-ethyl adjacent to an activating group) is 1. The van der Waals surface area contributed by atoms with Crippen LogP contribution in [0.5, 0.6) is 0 Å². The van der Waals surface area contributed by atoms with Gasteiger partial charge in [-0.25, -0.2) is 0 Å². The molecule has 0 fully saturated rings. The molecule has 0 aromatic carbocycles. The molecule has 0 aliphatic carbocycles. The SMILES string of the molecule is CCN(CC(=O)O)Cc1nnc(-c2cc(C)oc2C)o1. The van der Waals surface area contributed by atoms with Crippen LogP contribution >= 0.6 is 0 Å². The van der Waals surface area contributed by atoms with Crippen LogP contribution in [0.15, 0.2) is 14.9 Å². The molecule has 0 spiro atoms. The van der Waals surface area contributed by atoms with E-state index < -0.39 is 5.97 Å². The van der Waals surface area contributed by atoms with E-state index in [0.29, 0.717) is 24.9 Å². The van der Waals surface area contributed by atoms with Gasteiger partial charge in [0, 0.05) is 0 Å². The number of aromatic nitrogens is 2. The third-order valence-electron chi connectivity index (χ3n) is 2.90. The van der Waals surface area contributed by atoms with Crippen LogP contribution < -0.4 is 0 Å². The molecule has 0 bridgehead atoms. The van der Waals surface area contributed by atoms with Crippen molar-refractivity contribution in [2.45, 2.75) is 27.3 Å². The lowest BCUT2D eigenvalue weighted by atomic mass is 10.2. The van der Waals surface area contributed by atoms with Crippen molar-refractivity contribution >= 4 is 5.97 Å². The van der Waals surface area contributed by atoms with Crippen molar-refractivity contribution < 1.29 is 18.7 Å². The number of nitrogens with zero attached hydrogens (tertiary/aromatic N) is 3. The van der Waals surface area contributed by atoms with E-state index in [9.17, 15) is 4.79 Å². The van der Waals surface area contributed by atoms with Crippen molar-refractivity contribution in [3.05, 3.63) is 23.5 Å². The molecule has 0 atom stereocenters. The Morgan fingerprint density at radius 2 is 2.10 bits per heavy atom. The normalized spacial score (nSPS) is 11.2. The first kappa shape index (κ1) is 14.3.